The second-order valence-corrected chi connectivity index (χ2v) is 3.61. The largest absolute Gasteiger partial charge is 0.507 e. The molecule has 0 bridgehead atoms. The summed E-state index contributed by atoms with van der Waals surface area (Å²) in [5.41, 5.74) is 2.49. The lowest BCUT2D eigenvalue weighted by molar-refractivity contribution is 0.273. The van der Waals surface area contributed by atoms with Crippen molar-refractivity contribution in [3.63, 3.8) is 0 Å². The third-order valence-electron chi connectivity index (χ3n) is 2.30. The summed E-state index contributed by atoms with van der Waals surface area (Å²) in [6.45, 7) is 5.83. The van der Waals surface area contributed by atoms with Crippen molar-refractivity contribution in [3.05, 3.63) is 28.8 Å². The number of phenols is 1. The van der Waals surface area contributed by atoms with Gasteiger partial charge in [0.15, 0.2) is 0 Å². The van der Waals surface area contributed by atoms with Gasteiger partial charge in [0, 0.05) is 5.56 Å². The van der Waals surface area contributed by atoms with Gasteiger partial charge in [-0.05, 0) is 24.0 Å². The molecule has 72 valence electrons. The molecule has 0 unspecified atom stereocenters. The van der Waals surface area contributed by atoms with Crippen LogP contribution in [-0.2, 0) is 6.61 Å². The fraction of sp³-hybridized carbons (Fsp3) is 0.455. The van der Waals surface area contributed by atoms with E-state index < -0.39 is 0 Å². The predicted molar refractivity (Wildman–Crippen MR) is 52.9 cm³/mol. The van der Waals surface area contributed by atoms with Crippen molar-refractivity contribution in [2.24, 2.45) is 0 Å². The van der Waals surface area contributed by atoms with E-state index in [2.05, 4.69) is 0 Å². The second kappa shape index (κ2) is 3.79. The van der Waals surface area contributed by atoms with E-state index in [0.29, 0.717) is 11.5 Å². The first kappa shape index (κ1) is 10.1. The molecule has 0 fully saturated rings. The maximum atomic E-state index is 9.67. The van der Waals surface area contributed by atoms with Crippen molar-refractivity contribution >= 4 is 0 Å². The Morgan fingerprint density at radius 3 is 2.38 bits per heavy atom. The first-order chi connectivity index (χ1) is 6.07. The number of aliphatic hydroxyl groups is 1. The molecule has 0 aliphatic heterocycles. The number of hydrogen-bond acceptors (Lipinski definition) is 2. The van der Waals surface area contributed by atoms with Gasteiger partial charge in [-0.2, -0.15) is 0 Å². The van der Waals surface area contributed by atoms with E-state index >= 15 is 0 Å². The minimum absolute atomic E-state index is 0.0962. The summed E-state index contributed by atoms with van der Waals surface area (Å²) in [5, 5.41) is 18.8. The van der Waals surface area contributed by atoms with Gasteiger partial charge >= 0.3 is 0 Å². The zero-order valence-electron chi connectivity index (χ0n) is 8.33. The lowest BCUT2D eigenvalue weighted by atomic mass is 9.95. The molecule has 0 saturated carbocycles. The van der Waals surface area contributed by atoms with E-state index in [9.17, 15) is 5.11 Å². The molecule has 1 aromatic rings. The third kappa shape index (κ3) is 1.83. The minimum Gasteiger partial charge on any atom is -0.507 e. The second-order valence-electron chi connectivity index (χ2n) is 3.61. The molecular formula is C11H16O2. The van der Waals surface area contributed by atoms with Gasteiger partial charge in [-0.25, -0.2) is 0 Å². The van der Waals surface area contributed by atoms with Gasteiger partial charge in [0.05, 0.1) is 6.61 Å². The van der Waals surface area contributed by atoms with Crippen LogP contribution in [0.4, 0.5) is 0 Å². The molecule has 1 rings (SSSR count). The van der Waals surface area contributed by atoms with Crippen LogP contribution < -0.4 is 0 Å². The van der Waals surface area contributed by atoms with Gasteiger partial charge in [0.2, 0.25) is 0 Å². The van der Waals surface area contributed by atoms with Gasteiger partial charge in [-0.3, -0.25) is 0 Å². The molecule has 2 N–H and O–H groups in total. The molecule has 1 aromatic carbocycles. The molecule has 13 heavy (non-hydrogen) atoms. The van der Waals surface area contributed by atoms with Crippen molar-refractivity contribution in [1.82, 2.24) is 0 Å². The van der Waals surface area contributed by atoms with Crippen molar-refractivity contribution in [3.8, 4) is 5.75 Å². The smallest absolute Gasteiger partial charge is 0.124 e. The molecule has 2 heteroatoms. The Morgan fingerprint density at radius 2 is 1.92 bits per heavy atom. The molecule has 0 radical (unpaired) electrons. The summed E-state index contributed by atoms with van der Waals surface area (Å²) in [6.07, 6.45) is 0. The van der Waals surface area contributed by atoms with Gasteiger partial charge in [-0.1, -0.05) is 26.0 Å². The van der Waals surface area contributed by atoms with E-state index in [-0.39, 0.29) is 12.4 Å². The predicted octanol–water partition coefficient (Wildman–Crippen LogP) is 2.32. The Kier molecular flexibility index (Phi) is 2.94. The van der Waals surface area contributed by atoms with Crippen LogP contribution in [0.1, 0.15) is 36.5 Å². The Labute approximate surface area is 78.8 Å². The van der Waals surface area contributed by atoms with Crippen LogP contribution >= 0.6 is 0 Å². The molecule has 0 aliphatic carbocycles. The summed E-state index contributed by atoms with van der Waals surface area (Å²) < 4.78 is 0. The highest BCUT2D eigenvalue weighted by Crippen LogP contribution is 2.29. The van der Waals surface area contributed by atoms with E-state index in [0.717, 1.165) is 11.1 Å². The monoisotopic (exact) mass is 180 g/mol. The minimum atomic E-state index is -0.0962. The standard InChI is InChI=1S/C11H16O2/c1-7(2)9-5-4-8(3)11(13)10(9)6-12/h4-5,7,12-13H,6H2,1-3H3. The molecule has 0 aromatic heterocycles. The average molecular weight is 180 g/mol. The van der Waals surface area contributed by atoms with Gasteiger partial charge < -0.3 is 10.2 Å². The molecule has 0 spiro atoms. The van der Waals surface area contributed by atoms with Gasteiger partial charge in [-0.15, -0.1) is 0 Å². The lowest BCUT2D eigenvalue weighted by Crippen LogP contribution is -1.97. The van der Waals surface area contributed by atoms with Crippen LogP contribution in [0.2, 0.25) is 0 Å². The average Bonchev–Trinajstić information content (AvgIpc) is 2.09. The van der Waals surface area contributed by atoms with E-state index in [1.54, 1.807) is 0 Å². The van der Waals surface area contributed by atoms with Crippen LogP contribution in [0.25, 0.3) is 0 Å². The first-order valence-electron chi connectivity index (χ1n) is 4.50. The number of aryl methyl sites for hydroxylation is 1. The van der Waals surface area contributed by atoms with Crippen LogP contribution in [0.15, 0.2) is 12.1 Å². The number of aromatic hydroxyl groups is 1. The Bertz CT molecular complexity index is 303. The highest BCUT2D eigenvalue weighted by atomic mass is 16.3. The van der Waals surface area contributed by atoms with Crippen molar-refractivity contribution < 1.29 is 10.2 Å². The van der Waals surface area contributed by atoms with Crippen LogP contribution in [0, 0.1) is 6.92 Å². The van der Waals surface area contributed by atoms with E-state index in [1.807, 2.05) is 32.9 Å². The van der Waals surface area contributed by atoms with Crippen LogP contribution in [0.3, 0.4) is 0 Å². The van der Waals surface area contributed by atoms with Gasteiger partial charge in [0.1, 0.15) is 5.75 Å². The summed E-state index contributed by atoms with van der Waals surface area (Å²) >= 11 is 0. The van der Waals surface area contributed by atoms with Crippen LogP contribution in [-0.4, -0.2) is 10.2 Å². The van der Waals surface area contributed by atoms with Crippen molar-refractivity contribution in [1.29, 1.82) is 0 Å². The zero-order valence-corrected chi connectivity index (χ0v) is 8.33. The van der Waals surface area contributed by atoms with E-state index in [4.69, 9.17) is 5.11 Å². The third-order valence-corrected chi connectivity index (χ3v) is 2.30. The van der Waals surface area contributed by atoms with E-state index in [1.165, 1.54) is 0 Å². The Hall–Kier alpha value is -1.02. The Morgan fingerprint density at radius 1 is 1.31 bits per heavy atom. The fourth-order valence-corrected chi connectivity index (χ4v) is 1.48. The molecule has 0 heterocycles. The number of rotatable bonds is 2. The maximum absolute atomic E-state index is 9.67. The molecule has 2 nitrogen and oxygen atoms in total. The summed E-state index contributed by atoms with van der Waals surface area (Å²) in [6, 6.07) is 3.84. The molecular weight excluding hydrogens is 164 g/mol. The number of benzene rings is 1. The maximum Gasteiger partial charge on any atom is 0.124 e. The normalized spacial score (nSPS) is 10.8. The molecule has 0 atom stereocenters. The first-order valence-corrected chi connectivity index (χ1v) is 4.50. The van der Waals surface area contributed by atoms with Crippen molar-refractivity contribution in [2.45, 2.75) is 33.3 Å². The van der Waals surface area contributed by atoms with Gasteiger partial charge in [0.25, 0.3) is 0 Å². The number of hydrogen-bond donors (Lipinski definition) is 2. The summed E-state index contributed by atoms with van der Waals surface area (Å²) in [7, 11) is 0. The quantitative estimate of drug-likeness (QED) is 0.733. The Balaban J connectivity index is 3.30. The topological polar surface area (TPSA) is 40.5 Å². The number of aliphatic hydroxyl groups excluding tert-OH is 1. The highest BCUT2D eigenvalue weighted by molar-refractivity contribution is 5.45. The summed E-state index contributed by atoms with van der Waals surface area (Å²) in [4.78, 5) is 0. The molecule has 0 saturated heterocycles. The molecule has 0 amide bonds. The highest BCUT2D eigenvalue weighted by Gasteiger charge is 2.11. The molecule has 0 aliphatic rings. The summed E-state index contributed by atoms with van der Waals surface area (Å²) in [5.74, 6) is 0.558. The lowest BCUT2D eigenvalue weighted by Gasteiger charge is -2.13. The fourth-order valence-electron chi connectivity index (χ4n) is 1.48. The zero-order chi connectivity index (χ0) is 10.0. The SMILES string of the molecule is Cc1ccc(C(C)C)c(CO)c1O. The van der Waals surface area contributed by atoms with Crippen molar-refractivity contribution in [2.75, 3.05) is 0 Å². The van der Waals surface area contributed by atoms with Crippen LogP contribution in [0.5, 0.6) is 5.75 Å².